The fourth-order valence-electron chi connectivity index (χ4n) is 1.47. The molecular formula is C12H24IO3P. The summed E-state index contributed by atoms with van der Waals surface area (Å²) in [6.07, 6.45) is 4.22. The van der Waals surface area contributed by atoms with Crippen LogP contribution >= 0.6 is 30.2 Å². The first-order valence-electron chi connectivity index (χ1n) is 6.27. The maximum Gasteiger partial charge on any atom is 0.354 e. The maximum absolute atomic E-state index is 12.3. The van der Waals surface area contributed by atoms with Crippen molar-refractivity contribution in [1.82, 2.24) is 0 Å². The number of allylic oxidation sites excluding steroid dienone is 1. The summed E-state index contributed by atoms with van der Waals surface area (Å²) in [5, 5.41) is 0. The lowest BCUT2D eigenvalue weighted by Gasteiger charge is -2.15. The zero-order valence-electron chi connectivity index (χ0n) is 11.1. The van der Waals surface area contributed by atoms with Gasteiger partial charge >= 0.3 is 7.60 Å². The Balaban J connectivity index is 4.73. The van der Waals surface area contributed by atoms with Gasteiger partial charge < -0.3 is 9.05 Å². The minimum absolute atomic E-state index is 0.416. The highest BCUT2D eigenvalue weighted by atomic mass is 127. The predicted octanol–water partition coefficient (Wildman–Crippen LogP) is 5.15. The summed E-state index contributed by atoms with van der Waals surface area (Å²) in [6.45, 7) is 6.66. The van der Waals surface area contributed by atoms with Crippen molar-refractivity contribution in [2.45, 2.75) is 46.5 Å². The molecule has 0 bridgehead atoms. The molecule has 0 aliphatic carbocycles. The summed E-state index contributed by atoms with van der Waals surface area (Å²) < 4.78 is 23.9. The third-order valence-corrected chi connectivity index (χ3v) is 4.68. The standard InChI is InChI=1S/C12H24IO3P/c1-4-7-8-12(9-10-13)11-17(14,15-5-2)16-6-3/h11H,4-10H2,1-3H3/b12-11+. The predicted molar refractivity (Wildman–Crippen MR) is 82.0 cm³/mol. The lowest BCUT2D eigenvalue weighted by molar-refractivity contribution is 0.228. The van der Waals surface area contributed by atoms with Crippen LogP contribution in [0.1, 0.15) is 46.5 Å². The Hall–Kier alpha value is 0.620. The summed E-state index contributed by atoms with van der Waals surface area (Å²) in [5.41, 5.74) is 1.20. The van der Waals surface area contributed by atoms with Crippen molar-refractivity contribution >= 4 is 30.2 Å². The van der Waals surface area contributed by atoms with E-state index in [4.69, 9.17) is 9.05 Å². The van der Waals surface area contributed by atoms with Gasteiger partial charge in [-0.15, -0.1) is 0 Å². The van der Waals surface area contributed by atoms with Gasteiger partial charge in [-0.05, 0) is 33.1 Å². The van der Waals surface area contributed by atoms with Crippen molar-refractivity contribution in [1.29, 1.82) is 0 Å². The number of alkyl halides is 1. The molecule has 0 N–H and O–H groups in total. The highest BCUT2D eigenvalue weighted by Gasteiger charge is 2.20. The van der Waals surface area contributed by atoms with E-state index in [0.29, 0.717) is 13.2 Å². The van der Waals surface area contributed by atoms with Crippen LogP contribution in [0.3, 0.4) is 0 Å². The summed E-state index contributed by atoms with van der Waals surface area (Å²) >= 11 is 2.34. The molecule has 0 aromatic heterocycles. The Labute approximate surface area is 119 Å². The molecule has 0 aromatic rings. The van der Waals surface area contributed by atoms with E-state index in [1.54, 1.807) is 5.82 Å². The second-order valence-electron chi connectivity index (χ2n) is 3.71. The van der Waals surface area contributed by atoms with Gasteiger partial charge in [0.05, 0.1) is 13.2 Å². The summed E-state index contributed by atoms with van der Waals surface area (Å²) in [7, 11) is -3.01. The Morgan fingerprint density at radius 3 is 2.18 bits per heavy atom. The second kappa shape index (κ2) is 10.5. The number of hydrogen-bond acceptors (Lipinski definition) is 3. The van der Waals surface area contributed by atoms with Crippen LogP contribution in [-0.4, -0.2) is 17.6 Å². The molecule has 0 radical (unpaired) electrons. The molecule has 0 saturated heterocycles. The molecule has 0 aliphatic rings. The lowest BCUT2D eigenvalue weighted by Crippen LogP contribution is -1.95. The molecule has 17 heavy (non-hydrogen) atoms. The molecule has 0 heterocycles. The first kappa shape index (κ1) is 17.6. The van der Waals surface area contributed by atoms with E-state index in [2.05, 4.69) is 29.5 Å². The molecule has 0 amide bonds. The number of rotatable bonds is 10. The van der Waals surface area contributed by atoms with Crippen molar-refractivity contribution in [2.75, 3.05) is 17.6 Å². The zero-order valence-corrected chi connectivity index (χ0v) is 14.1. The molecular weight excluding hydrogens is 350 g/mol. The topological polar surface area (TPSA) is 35.5 Å². The van der Waals surface area contributed by atoms with Gasteiger partial charge in [0, 0.05) is 10.2 Å². The van der Waals surface area contributed by atoms with Crippen LogP contribution in [0.5, 0.6) is 0 Å². The smallest absolute Gasteiger partial charge is 0.306 e. The SMILES string of the molecule is CCCC/C(=C\P(=O)(OCC)OCC)CCI. The maximum atomic E-state index is 12.3. The summed E-state index contributed by atoms with van der Waals surface area (Å²) in [6, 6.07) is 0. The largest absolute Gasteiger partial charge is 0.354 e. The van der Waals surface area contributed by atoms with Crippen molar-refractivity contribution in [2.24, 2.45) is 0 Å². The van der Waals surface area contributed by atoms with Gasteiger partial charge in [0.15, 0.2) is 0 Å². The minimum Gasteiger partial charge on any atom is -0.306 e. The molecule has 0 atom stereocenters. The van der Waals surface area contributed by atoms with Crippen LogP contribution in [0.2, 0.25) is 0 Å². The van der Waals surface area contributed by atoms with Crippen LogP contribution in [0.25, 0.3) is 0 Å². The Bertz CT molecular complexity index is 256. The normalized spacial score (nSPS) is 13.1. The monoisotopic (exact) mass is 374 g/mol. The van der Waals surface area contributed by atoms with E-state index in [-0.39, 0.29) is 0 Å². The van der Waals surface area contributed by atoms with Crippen LogP contribution < -0.4 is 0 Å². The molecule has 102 valence electrons. The third kappa shape index (κ3) is 8.36. The summed E-state index contributed by atoms with van der Waals surface area (Å²) in [5.74, 6) is 1.74. The van der Waals surface area contributed by atoms with E-state index < -0.39 is 7.60 Å². The first-order chi connectivity index (χ1) is 8.11. The molecule has 0 aliphatic heterocycles. The average molecular weight is 374 g/mol. The van der Waals surface area contributed by atoms with Crippen LogP contribution in [0, 0.1) is 0 Å². The molecule has 0 unspecified atom stereocenters. The van der Waals surface area contributed by atoms with Crippen LogP contribution in [-0.2, 0) is 13.6 Å². The Kier molecular flexibility index (Phi) is 10.9. The van der Waals surface area contributed by atoms with Gasteiger partial charge in [0.25, 0.3) is 0 Å². The van der Waals surface area contributed by atoms with Gasteiger partial charge in [-0.3, -0.25) is 4.57 Å². The van der Waals surface area contributed by atoms with E-state index in [0.717, 1.165) is 30.1 Å². The molecule has 5 heteroatoms. The van der Waals surface area contributed by atoms with Crippen LogP contribution in [0.4, 0.5) is 0 Å². The van der Waals surface area contributed by atoms with Gasteiger partial charge in [0.2, 0.25) is 0 Å². The fraction of sp³-hybridized carbons (Fsp3) is 0.833. The zero-order chi connectivity index (χ0) is 13.1. The van der Waals surface area contributed by atoms with E-state index in [1.807, 2.05) is 13.8 Å². The number of unbranched alkanes of at least 4 members (excludes halogenated alkanes) is 1. The first-order valence-corrected chi connectivity index (χ1v) is 9.41. The quantitative estimate of drug-likeness (QED) is 0.301. The van der Waals surface area contributed by atoms with Crippen molar-refractivity contribution in [3.8, 4) is 0 Å². The lowest BCUT2D eigenvalue weighted by atomic mass is 10.1. The van der Waals surface area contributed by atoms with Gasteiger partial charge in [-0.25, -0.2) is 0 Å². The van der Waals surface area contributed by atoms with Gasteiger partial charge in [-0.2, -0.15) is 0 Å². The Morgan fingerprint density at radius 2 is 1.76 bits per heavy atom. The van der Waals surface area contributed by atoms with Crippen molar-refractivity contribution in [3.05, 3.63) is 11.4 Å². The number of hydrogen-bond donors (Lipinski definition) is 0. The molecule has 0 rings (SSSR count). The van der Waals surface area contributed by atoms with E-state index >= 15 is 0 Å². The molecule has 3 nitrogen and oxygen atoms in total. The van der Waals surface area contributed by atoms with Crippen molar-refractivity contribution in [3.63, 3.8) is 0 Å². The van der Waals surface area contributed by atoms with Crippen molar-refractivity contribution < 1.29 is 13.6 Å². The number of halogens is 1. The second-order valence-corrected chi connectivity index (χ2v) is 6.64. The van der Waals surface area contributed by atoms with Crippen LogP contribution in [0.15, 0.2) is 11.4 Å². The molecule has 0 fully saturated rings. The third-order valence-electron chi connectivity index (χ3n) is 2.23. The highest BCUT2D eigenvalue weighted by molar-refractivity contribution is 14.1. The fourth-order valence-corrected chi connectivity index (χ4v) is 3.82. The molecule has 0 aromatic carbocycles. The Morgan fingerprint density at radius 1 is 1.18 bits per heavy atom. The van der Waals surface area contributed by atoms with Gasteiger partial charge in [-0.1, -0.05) is 41.5 Å². The minimum atomic E-state index is -3.01. The highest BCUT2D eigenvalue weighted by Crippen LogP contribution is 2.51. The average Bonchev–Trinajstić information content (AvgIpc) is 2.26. The van der Waals surface area contributed by atoms with E-state index in [9.17, 15) is 4.57 Å². The van der Waals surface area contributed by atoms with E-state index in [1.165, 1.54) is 5.57 Å². The summed E-state index contributed by atoms with van der Waals surface area (Å²) in [4.78, 5) is 0. The molecule has 0 spiro atoms. The molecule has 0 saturated carbocycles. The van der Waals surface area contributed by atoms with Gasteiger partial charge in [0.1, 0.15) is 0 Å².